The van der Waals surface area contributed by atoms with Crippen molar-refractivity contribution in [2.75, 3.05) is 6.54 Å². The summed E-state index contributed by atoms with van der Waals surface area (Å²) in [6, 6.07) is 5.09. The third kappa shape index (κ3) is 3.09. The Hall–Kier alpha value is -2.37. The summed E-state index contributed by atoms with van der Waals surface area (Å²) in [5, 5.41) is 16.7. The molecule has 1 aromatic heterocycles. The molecule has 0 unspecified atom stereocenters. The van der Waals surface area contributed by atoms with Gasteiger partial charge in [0.1, 0.15) is 12.1 Å². The molecule has 0 fully saturated rings. The molecule has 0 aliphatic heterocycles. The van der Waals surface area contributed by atoms with Gasteiger partial charge in [-0.05, 0) is 18.6 Å². The molecule has 2 N–H and O–H groups in total. The lowest BCUT2D eigenvalue weighted by molar-refractivity contribution is 0.0951. The molecule has 2 rings (SSSR count). The SMILES string of the molecule is Cc1cccc(C(=O)NCCc2ncn(C)n2)c1O. The number of amides is 1. The minimum absolute atomic E-state index is 0.0240. The second kappa shape index (κ2) is 5.51. The fourth-order valence-corrected chi connectivity index (χ4v) is 1.72. The van der Waals surface area contributed by atoms with Crippen molar-refractivity contribution in [3.8, 4) is 5.75 Å². The number of aromatic hydroxyl groups is 1. The zero-order valence-corrected chi connectivity index (χ0v) is 10.9. The topological polar surface area (TPSA) is 80.0 Å². The van der Waals surface area contributed by atoms with Crippen LogP contribution >= 0.6 is 0 Å². The van der Waals surface area contributed by atoms with Gasteiger partial charge in [-0.25, -0.2) is 4.98 Å². The van der Waals surface area contributed by atoms with Crippen LogP contribution in [-0.2, 0) is 13.5 Å². The highest BCUT2D eigenvalue weighted by atomic mass is 16.3. The molecule has 1 aromatic carbocycles. The van der Waals surface area contributed by atoms with E-state index in [2.05, 4.69) is 15.4 Å². The largest absolute Gasteiger partial charge is 0.507 e. The molecule has 6 heteroatoms. The van der Waals surface area contributed by atoms with Crippen molar-refractivity contribution in [3.05, 3.63) is 41.5 Å². The van der Waals surface area contributed by atoms with E-state index in [1.807, 2.05) is 0 Å². The standard InChI is InChI=1S/C13H16N4O2/c1-9-4-3-5-10(12(9)18)13(19)14-7-6-11-15-8-17(2)16-11/h3-5,8,18H,6-7H2,1-2H3,(H,14,19). The maximum atomic E-state index is 11.9. The first kappa shape index (κ1) is 13.1. The van der Waals surface area contributed by atoms with Gasteiger partial charge >= 0.3 is 0 Å². The third-order valence-electron chi connectivity index (χ3n) is 2.76. The number of nitrogens with zero attached hydrogens (tertiary/aromatic N) is 3. The first-order chi connectivity index (χ1) is 9.08. The molecule has 0 aliphatic rings. The minimum Gasteiger partial charge on any atom is -0.507 e. The molecule has 0 saturated carbocycles. The highest BCUT2D eigenvalue weighted by molar-refractivity contribution is 5.97. The number of aromatic nitrogens is 3. The number of nitrogens with one attached hydrogen (secondary N) is 1. The van der Waals surface area contributed by atoms with E-state index in [0.29, 0.717) is 24.4 Å². The van der Waals surface area contributed by atoms with Gasteiger partial charge in [-0.15, -0.1) is 0 Å². The monoisotopic (exact) mass is 260 g/mol. The maximum absolute atomic E-state index is 11.9. The van der Waals surface area contributed by atoms with Crippen molar-refractivity contribution in [1.29, 1.82) is 0 Å². The van der Waals surface area contributed by atoms with E-state index >= 15 is 0 Å². The number of carbonyl (C=O) groups is 1. The van der Waals surface area contributed by atoms with Gasteiger partial charge in [0.2, 0.25) is 0 Å². The molecule has 1 heterocycles. The molecule has 0 radical (unpaired) electrons. The zero-order chi connectivity index (χ0) is 13.8. The fourth-order valence-electron chi connectivity index (χ4n) is 1.72. The molecule has 6 nitrogen and oxygen atoms in total. The predicted molar refractivity (Wildman–Crippen MR) is 69.9 cm³/mol. The Morgan fingerprint density at radius 2 is 2.26 bits per heavy atom. The summed E-state index contributed by atoms with van der Waals surface area (Å²) in [5.41, 5.74) is 0.966. The van der Waals surface area contributed by atoms with E-state index in [-0.39, 0.29) is 17.2 Å². The van der Waals surface area contributed by atoms with E-state index in [4.69, 9.17) is 0 Å². The number of phenols is 1. The van der Waals surface area contributed by atoms with Crippen molar-refractivity contribution >= 4 is 5.91 Å². The summed E-state index contributed by atoms with van der Waals surface area (Å²) in [6.07, 6.45) is 2.17. The molecular weight excluding hydrogens is 244 g/mol. The number of hydrogen-bond acceptors (Lipinski definition) is 4. The van der Waals surface area contributed by atoms with Crippen molar-refractivity contribution in [3.63, 3.8) is 0 Å². The summed E-state index contributed by atoms with van der Waals surface area (Å²) in [5.74, 6) is 0.407. The van der Waals surface area contributed by atoms with Crippen molar-refractivity contribution in [2.45, 2.75) is 13.3 Å². The van der Waals surface area contributed by atoms with Crippen molar-refractivity contribution in [1.82, 2.24) is 20.1 Å². The Morgan fingerprint density at radius 1 is 1.47 bits per heavy atom. The third-order valence-corrected chi connectivity index (χ3v) is 2.76. The highest BCUT2D eigenvalue weighted by Crippen LogP contribution is 2.20. The summed E-state index contributed by atoms with van der Waals surface area (Å²) in [4.78, 5) is 16.0. The molecular formula is C13H16N4O2. The second-order valence-corrected chi connectivity index (χ2v) is 4.31. The van der Waals surface area contributed by atoms with Crippen LogP contribution in [0.15, 0.2) is 24.5 Å². The average Bonchev–Trinajstić information content (AvgIpc) is 2.78. The number of para-hydroxylation sites is 1. The molecule has 100 valence electrons. The molecule has 0 saturated heterocycles. The summed E-state index contributed by atoms with van der Waals surface area (Å²) in [6.45, 7) is 2.18. The van der Waals surface area contributed by atoms with Gasteiger partial charge in [-0.3, -0.25) is 9.48 Å². The average molecular weight is 260 g/mol. The number of rotatable bonds is 4. The molecule has 0 aliphatic carbocycles. The van der Waals surface area contributed by atoms with E-state index in [1.54, 1.807) is 43.2 Å². The molecule has 0 bridgehead atoms. The lowest BCUT2D eigenvalue weighted by Crippen LogP contribution is -2.26. The van der Waals surface area contributed by atoms with E-state index < -0.39 is 0 Å². The maximum Gasteiger partial charge on any atom is 0.255 e. The minimum atomic E-state index is -0.294. The normalized spacial score (nSPS) is 10.4. The smallest absolute Gasteiger partial charge is 0.255 e. The van der Waals surface area contributed by atoms with Crippen molar-refractivity contribution < 1.29 is 9.90 Å². The summed E-state index contributed by atoms with van der Waals surface area (Å²) < 4.78 is 1.61. The lowest BCUT2D eigenvalue weighted by Gasteiger charge is -2.07. The van der Waals surface area contributed by atoms with Crippen LogP contribution in [0.5, 0.6) is 5.75 Å². The quantitative estimate of drug-likeness (QED) is 0.852. The van der Waals surface area contributed by atoms with E-state index in [0.717, 1.165) is 0 Å². The van der Waals surface area contributed by atoms with Crippen LogP contribution in [0.4, 0.5) is 0 Å². The lowest BCUT2D eigenvalue weighted by atomic mass is 10.1. The van der Waals surface area contributed by atoms with E-state index in [1.165, 1.54) is 0 Å². The highest BCUT2D eigenvalue weighted by Gasteiger charge is 2.11. The Morgan fingerprint density at radius 3 is 2.95 bits per heavy atom. The zero-order valence-electron chi connectivity index (χ0n) is 10.9. The Kier molecular flexibility index (Phi) is 3.79. The van der Waals surface area contributed by atoms with Crippen LogP contribution < -0.4 is 5.32 Å². The second-order valence-electron chi connectivity index (χ2n) is 4.31. The molecule has 0 atom stereocenters. The molecule has 19 heavy (non-hydrogen) atoms. The number of hydrogen-bond donors (Lipinski definition) is 2. The van der Waals surface area contributed by atoms with Crippen molar-refractivity contribution in [2.24, 2.45) is 7.05 Å². The van der Waals surface area contributed by atoms with Crippen LogP contribution in [0.25, 0.3) is 0 Å². The van der Waals surface area contributed by atoms with E-state index in [9.17, 15) is 9.90 Å². The first-order valence-electron chi connectivity index (χ1n) is 5.99. The van der Waals surface area contributed by atoms with Crippen LogP contribution in [0.3, 0.4) is 0 Å². The number of carbonyl (C=O) groups excluding carboxylic acids is 1. The first-order valence-corrected chi connectivity index (χ1v) is 5.99. The molecule has 0 spiro atoms. The summed E-state index contributed by atoms with van der Waals surface area (Å²) >= 11 is 0. The van der Waals surface area contributed by atoms with Gasteiger partial charge in [0.25, 0.3) is 5.91 Å². The van der Waals surface area contributed by atoms with Gasteiger partial charge < -0.3 is 10.4 Å². The Balaban J connectivity index is 1.93. The molecule has 2 aromatic rings. The number of aryl methyl sites for hydroxylation is 2. The number of benzene rings is 1. The Bertz CT molecular complexity index is 592. The van der Waals surface area contributed by atoms with Crippen LogP contribution in [-0.4, -0.2) is 32.3 Å². The Labute approximate surface area is 111 Å². The van der Waals surface area contributed by atoms with Gasteiger partial charge in [-0.1, -0.05) is 12.1 Å². The summed E-state index contributed by atoms with van der Waals surface area (Å²) in [7, 11) is 1.79. The number of phenolic OH excluding ortho intramolecular Hbond substituents is 1. The predicted octanol–water partition coefficient (Wildman–Crippen LogP) is 0.802. The van der Waals surface area contributed by atoms with Gasteiger partial charge in [0.05, 0.1) is 5.56 Å². The van der Waals surface area contributed by atoms with Crippen LogP contribution in [0.2, 0.25) is 0 Å². The van der Waals surface area contributed by atoms with Crippen LogP contribution in [0.1, 0.15) is 21.7 Å². The van der Waals surface area contributed by atoms with Crippen LogP contribution in [0, 0.1) is 6.92 Å². The fraction of sp³-hybridized carbons (Fsp3) is 0.308. The van der Waals surface area contributed by atoms with Gasteiger partial charge in [0, 0.05) is 20.0 Å². The molecule has 1 amide bonds. The van der Waals surface area contributed by atoms with Gasteiger partial charge in [0.15, 0.2) is 5.82 Å². The van der Waals surface area contributed by atoms with Gasteiger partial charge in [-0.2, -0.15) is 5.10 Å².